The number of aryl methyl sites for hydroxylation is 2. The second kappa shape index (κ2) is 10.5. The van der Waals surface area contributed by atoms with Crippen LogP contribution in [0.15, 0.2) is 39.8 Å². The number of benzene rings is 1. The van der Waals surface area contributed by atoms with Crippen molar-refractivity contribution in [2.24, 2.45) is 4.99 Å². The molecule has 2 heterocycles. The average molecular weight is 484 g/mol. The Morgan fingerprint density at radius 1 is 1.26 bits per heavy atom. The number of aliphatic imine (C=N–C) groups is 1. The van der Waals surface area contributed by atoms with Crippen LogP contribution in [-0.2, 0) is 6.42 Å². The van der Waals surface area contributed by atoms with Gasteiger partial charge in [-0.3, -0.25) is 4.99 Å². The Balaban J connectivity index is 0.00000261. The number of aromatic nitrogens is 1. The van der Waals surface area contributed by atoms with E-state index >= 15 is 0 Å². The van der Waals surface area contributed by atoms with Gasteiger partial charge in [0.2, 0.25) is 0 Å². The Hall–Kier alpha value is -1.77. The van der Waals surface area contributed by atoms with Crippen LogP contribution >= 0.6 is 24.0 Å². The molecule has 2 aromatic rings. The predicted octanol–water partition coefficient (Wildman–Crippen LogP) is 3.57. The second-order valence-electron chi connectivity index (χ2n) is 6.64. The average Bonchev–Trinajstić information content (AvgIpc) is 2.99. The standard InChI is InChI=1S/C20H28N4O2.HI/c1-15-19(16(2)26-23-15)9-12-22-20(21-3)24-13-10-18(11-14-24)25-17-7-5-4-6-8-17;/h4-8,18H,9-14H2,1-3H3,(H,21,22);1H. The fraction of sp³-hybridized carbons (Fsp3) is 0.500. The first-order valence-corrected chi connectivity index (χ1v) is 9.26. The zero-order chi connectivity index (χ0) is 18.4. The number of piperidine rings is 1. The lowest BCUT2D eigenvalue weighted by Gasteiger charge is -2.34. The van der Waals surface area contributed by atoms with Crippen LogP contribution in [0.25, 0.3) is 0 Å². The van der Waals surface area contributed by atoms with Gasteiger partial charge in [-0.25, -0.2) is 0 Å². The van der Waals surface area contributed by atoms with Gasteiger partial charge in [0.25, 0.3) is 0 Å². The van der Waals surface area contributed by atoms with Gasteiger partial charge >= 0.3 is 0 Å². The van der Waals surface area contributed by atoms with Gasteiger partial charge < -0.3 is 19.5 Å². The minimum Gasteiger partial charge on any atom is -0.490 e. The molecule has 1 fully saturated rings. The van der Waals surface area contributed by atoms with E-state index < -0.39 is 0 Å². The zero-order valence-corrected chi connectivity index (χ0v) is 18.6. The Kier molecular flexibility index (Phi) is 8.40. The Morgan fingerprint density at radius 3 is 2.56 bits per heavy atom. The van der Waals surface area contributed by atoms with E-state index in [1.165, 1.54) is 5.56 Å². The molecule has 1 saturated heterocycles. The van der Waals surface area contributed by atoms with Gasteiger partial charge in [-0.1, -0.05) is 23.4 Å². The topological polar surface area (TPSA) is 62.9 Å². The van der Waals surface area contributed by atoms with E-state index in [-0.39, 0.29) is 30.1 Å². The van der Waals surface area contributed by atoms with Crippen molar-refractivity contribution in [2.45, 2.75) is 39.2 Å². The molecule has 0 spiro atoms. The van der Waals surface area contributed by atoms with Crippen LogP contribution in [0, 0.1) is 13.8 Å². The van der Waals surface area contributed by atoms with Crippen molar-refractivity contribution in [2.75, 3.05) is 26.7 Å². The summed E-state index contributed by atoms with van der Waals surface area (Å²) in [6.07, 6.45) is 3.15. The van der Waals surface area contributed by atoms with Gasteiger partial charge in [-0.05, 0) is 32.4 Å². The third kappa shape index (κ3) is 5.85. The highest BCUT2D eigenvalue weighted by Crippen LogP contribution is 2.18. The van der Waals surface area contributed by atoms with Crippen LogP contribution < -0.4 is 10.1 Å². The maximum absolute atomic E-state index is 6.07. The first kappa shape index (κ1) is 21.5. The molecule has 0 atom stereocenters. The predicted molar refractivity (Wildman–Crippen MR) is 118 cm³/mol. The van der Waals surface area contributed by atoms with Crippen LogP contribution in [0.3, 0.4) is 0 Å². The molecule has 6 nitrogen and oxygen atoms in total. The number of hydrogen-bond acceptors (Lipinski definition) is 4. The summed E-state index contributed by atoms with van der Waals surface area (Å²) in [6, 6.07) is 10.1. The third-order valence-electron chi connectivity index (χ3n) is 4.84. The molecule has 1 aromatic carbocycles. The molecule has 3 rings (SSSR count). The third-order valence-corrected chi connectivity index (χ3v) is 4.84. The molecule has 148 valence electrons. The summed E-state index contributed by atoms with van der Waals surface area (Å²) in [5.41, 5.74) is 2.15. The van der Waals surface area contributed by atoms with E-state index in [0.29, 0.717) is 0 Å². The van der Waals surface area contributed by atoms with Crippen LogP contribution in [0.4, 0.5) is 0 Å². The molecule has 0 unspecified atom stereocenters. The van der Waals surface area contributed by atoms with Crippen molar-refractivity contribution in [1.29, 1.82) is 0 Å². The summed E-state index contributed by atoms with van der Waals surface area (Å²) in [4.78, 5) is 6.74. The highest BCUT2D eigenvalue weighted by Gasteiger charge is 2.22. The van der Waals surface area contributed by atoms with Crippen LogP contribution in [0.2, 0.25) is 0 Å². The highest BCUT2D eigenvalue weighted by molar-refractivity contribution is 14.0. The lowest BCUT2D eigenvalue weighted by molar-refractivity contribution is 0.129. The van der Waals surface area contributed by atoms with Crippen LogP contribution in [0.1, 0.15) is 29.9 Å². The largest absolute Gasteiger partial charge is 0.490 e. The number of likely N-dealkylation sites (tertiary alicyclic amines) is 1. The van der Waals surface area contributed by atoms with Gasteiger partial charge in [-0.15, -0.1) is 24.0 Å². The Labute approximate surface area is 178 Å². The molecule has 1 aliphatic rings. The molecule has 0 radical (unpaired) electrons. The van der Waals surface area contributed by atoms with Crippen molar-refractivity contribution in [3.05, 3.63) is 47.3 Å². The molecule has 1 aromatic heterocycles. The van der Waals surface area contributed by atoms with E-state index in [1.54, 1.807) is 0 Å². The molecule has 1 N–H and O–H groups in total. The van der Waals surface area contributed by atoms with Crippen LogP contribution in [0.5, 0.6) is 5.75 Å². The number of para-hydroxylation sites is 1. The van der Waals surface area contributed by atoms with E-state index in [4.69, 9.17) is 9.26 Å². The van der Waals surface area contributed by atoms with E-state index in [9.17, 15) is 0 Å². The number of nitrogens with zero attached hydrogens (tertiary/aromatic N) is 3. The summed E-state index contributed by atoms with van der Waals surface area (Å²) < 4.78 is 11.3. The van der Waals surface area contributed by atoms with Crippen molar-refractivity contribution >= 4 is 29.9 Å². The fourth-order valence-electron chi connectivity index (χ4n) is 3.37. The van der Waals surface area contributed by atoms with Gasteiger partial charge in [0, 0.05) is 45.1 Å². The summed E-state index contributed by atoms with van der Waals surface area (Å²) in [6.45, 7) is 6.65. The summed E-state index contributed by atoms with van der Waals surface area (Å²) >= 11 is 0. The number of hydrogen-bond donors (Lipinski definition) is 1. The van der Waals surface area contributed by atoms with Crippen molar-refractivity contribution in [3.63, 3.8) is 0 Å². The minimum atomic E-state index is 0. The van der Waals surface area contributed by atoms with Gasteiger partial charge in [0.1, 0.15) is 17.6 Å². The monoisotopic (exact) mass is 484 g/mol. The summed E-state index contributed by atoms with van der Waals surface area (Å²) in [5, 5.41) is 7.47. The molecular weight excluding hydrogens is 455 g/mol. The van der Waals surface area contributed by atoms with Crippen molar-refractivity contribution in [3.8, 4) is 5.75 Å². The fourth-order valence-corrected chi connectivity index (χ4v) is 3.37. The maximum atomic E-state index is 6.07. The van der Waals surface area contributed by atoms with Crippen LogP contribution in [-0.4, -0.2) is 48.8 Å². The van der Waals surface area contributed by atoms with Crippen molar-refractivity contribution < 1.29 is 9.26 Å². The van der Waals surface area contributed by atoms with E-state index in [2.05, 4.69) is 20.4 Å². The molecule has 0 saturated carbocycles. The SMILES string of the molecule is CN=C(NCCc1c(C)noc1C)N1CCC(Oc2ccccc2)CC1.I. The van der Waals surface area contributed by atoms with E-state index in [1.807, 2.05) is 51.2 Å². The summed E-state index contributed by atoms with van der Waals surface area (Å²) in [5.74, 6) is 2.81. The first-order valence-electron chi connectivity index (χ1n) is 9.26. The summed E-state index contributed by atoms with van der Waals surface area (Å²) in [7, 11) is 1.84. The van der Waals surface area contributed by atoms with E-state index in [0.717, 1.165) is 62.1 Å². The first-order chi connectivity index (χ1) is 12.7. The smallest absolute Gasteiger partial charge is 0.193 e. The molecule has 0 bridgehead atoms. The quantitative estimate of drug-likeness (QED) is 0.400. The number of guanidine groups is 1. The molecular formula is C20H29IN4O2. The van der Waals surface area contributed by atoms with Gasteiger partial charge in [0.05, 0.1) is 5.69 Å². The number of rotatable bonds is 5. The molecule has 0 amide bonds. The molecule has 27 heavy (non-hydrogen) atoms. The molecule has 7 heteroatoms. The number of ether oxygens (including phenoxy) is 1. The minimum absolute atomic E-state index is 0. The van der Waals surface area contributed by atoms with Gasteiger partial charge in [0.15, 0.2) is 5.96 Å². The van der Waals surface area contributed by atoms with Crippen molar-refractivity contribution in [1.82, 2.24) is 15.4 Å². The normalized spacial score (nSPS) is 15.4. The Morgan fingerprint density at radius 2 is 1.96 bits per heavy atom. The number of nitrogens with one attached hydrogen (secondary N) is 1. The Bertz CT molecular complexity index is 705. The maximum Gasteiger partial charge on any atom is 0.193 e. The lowest BCUT2D eigenvalue weighted by atomic mass is 10.1. The number of halogens is 1. The molecule has 1 aliphatic heterocycles. The second-order valence-corrected chi connectivity index (χ2v) is 6.64. The zero-order valence-electron chi connectivity index (χ0n) is 16.3. The highest BCUT2D eigenvalue weighted by atomic mass is 127. The lowest BCUT2D eigenvalue weighted by Crippen LogP contribution is -2.47. The van der Waals surface area contributed by atoms with Gasteiger partial charge in [-0.2, -0.15) is 0 Å². The molecule has 0 aliphatic carbocycles.